The van der Waals surface area contributed by atoms with E-state index < -0.39 is 0 Å². The monoisotopic (exact) mass is 337 g/mol. The molecule has 0 aliphatic carbocycles. The van der Waals surface area contributed by atoms with Crippen molar-refractivity contribution in [3.63, 3.8) is 0 Å². The van der Waals surface area contributed by atoms with Crippen LogP contribution in [0.3, 0.4) is 0 Å². The molecule has 6 heteroatoms. The molecule has 0 saturated heterocycles. The van der Waals surface area contributed by atoms with Crippen LogP contribution in [0.15, 0.2) is 35.0 Å². The third-order valence-electron chi connectivity index (χ3n) is 4.55. The number of aromatic nitrogens is 2. The maximum absolute atomic E-state index is 12.9. The molecule has 6 nitrogen and oxygen atoms in total. The highest BCUT2D eigenvalue weighted by molar-refractivity contribution is 5.97. The molecule has 0 bridgehead atoms. The third kappa shape index (κ3) is 2.84. The predicted molar refractivity (Wildman–Crippen MR) is 92.6 cm³/mol. The number of aryl methyl sites for hydroxylation is 1. The maximum Gasteiger partial charge on any atom is 0.257 e. The van der Waals surface area contributed by atoms with Crippen LogP contribution in [0.1, 0.15) is 34.1 Å². The summed E-state index contributed by atoms with van der Waals surface area (Å²) in [6, 6.07) is 7.93. The van der Waals surface area contributed by atoms with Crippen LogP contribution >= 0.6 is 0 Å². The minimum atomic E-state index is -0.0255. The van der Waals surface area contributed by atoms with Crippen molar-refractivity contribution in [2.45, 2.75) is 26.8 Å². The van der Waals surface area contributed by atoms with E-state index in [4.69, 9.17) is 9.26 Å². The highest BCUT2D eigenvalue weighted by Crippen LogP contribution is 2.25. The van der Waals surface area contributed by atoms with E-state index in [1.54, 1.807) is 6.20 Å². The van der Waals surface area contributed by atoms with Gasteiger partial charge >= 0.3 is 0 Å². The van der Waals surface area contributed by atoms with E-state index in [0.29, 0.717) is 31.0 Å². The molecule has 0 unspecified atom stereocenters. The quantitative estimate of drug-likeness (QED) is 0.734. The molecule has 25 heavy (non-hydrogen) atoms. The van der Waals surface area contributed by atoms with Gasteiger partial charge in [-0.15, -0.1) is 0 Å². The van der Waals surface area contributed by atoms with Crippen molar-refractivity contribution in [2.75, 3.05) is 13.2 Å². The van der Waals surface area contributed by atoms with Crippen molar-refractivity contribution >= 4 is 17.0 Å². The molecule has 0 atom stereocenters. The number of benzene rings is 1. The first-order chi connectivity index (χ1) is 12.2. The Kier molecular flexibility index (Phi) is 3.87. The van der Waals surface area contributed by atoms with Gasteiger partial charge in [0.05, 0.1) is 23.3 Å². The zero-order chi connectivity index (χ0) is 17.4. The van der Waals surface area contributed by atoms with E-state index in [9.17, 15) is 4.79 Å². The molecule has 4 rings (SSSR count). The van der Waals surface area contributed by atoms with Gasteiger partial charge in [-0.2, -0.15) is 0 Å². The highest BCUT2D eigenvalue weighted by atomic mass is 16.5. The van der Waals surface area contributed by atoms with Gasteiger partial charge in [0.25, 0.3) is 11.6 Å². The maximum atomic E-state index is 12.9. The molecule has 128 valence electrons. The zero-order valence-electron chi connectivity index (χ0n) is 14.3. The number of rotatable bonds is 3. The summed E-state index contributed by atoms with van der Waals surface area (Å²) in [4.78, 5) is 19.0. The molecule has 0 fully saturated rings. The second-order valence-corrected chi connectivity index (χ2v) is 6.18. The molecule has 1 aliphatic heterocycles. The van der Waals surface area contributed by atoms with Gasteiger partial charge in [0.15, 0.2) is 0 Å². The Labute approximate surface area is 145 Å². The second-order valence-electron chi connectivity index (χ2n) is 6.18. The summed E-state index contributed by atoms with van der Waals surface area (Å²) in [5.41, 5.74) is 4.17. The van der Waals surface area contributed by atoms with Crippen molar-refractivity contribution in [1.29, 1.82) is 0 Å². The van der Waals surface area contributed by atoms with E-state index in [-0.39, 0.29) is 5.91 Å². The SMILES string of the molecule is CCOc1ccc2c(c1)CN(C(=O)c1cnc3onc(C)c3c1)CC2. The van der Waals surface area contributed by atoms with Gasteiger partial charge in [-0.25, -0.2) is 4.98 Å². The van der Waals surface area contributed by atoms with Gasteiger partial charge < -0.3 is 14.2 Å². The molecule has 3 aromatic rings. The second kappa shape index (κ2) is 6.20. The zero-order valence-corrected chi connectivity index (χ0v) is 14.3. The van der Waals surface area contributed by atoms with E-state index in [1.165, 1.54) is 5.56 Å². The smallest absolute Gasteiger partial charge is 0.257 e. The summed E-state index contributed by atoms with van der Waals surface area (Å²) in [5.74, 6) is 0.821. The summed E-state index contributed by atoms with van der Waals surface area (Å²) >= 11 is 0. The number of ether oxygens (including phenoxy) is 1. The van der Waals surface area contributed by atoms with Gasteiger partial charge in [0.2, 0.25) is 0 Å². The number of carbonyl (C=O) groups excluding carboxylic acids is 1. The van der Waals surface area contributed by atoms with Crippen LogP contribution in [0.25, 0.3) is 11.1 Å². The molecule has 1 amide bonds. The van der Waals surface area contributed by atoms with E-state index >= 15 is 0 Å². The number of nitrogens with zero attached hydrogens (tertiary/aromatic N) is 3. The molecular weight excluding hydrogens is 318 g/mol. The number of hydrogen-bond donors (Lipinski definition) is 0. The molecule has 1 aromatic carbocycles. The minimum absolute atomic E-state index is 0.0255. The first-order valence-electron chi connectivity index (χ1n) is 8.41. The van der Waals surface area contributed by atoms with Crippen LogP contribution in [0.5, 0.6) is 5.75 Å². The summed E-state index contributed by atoms with van der Waals surface area (Å²) in [6.45, 7) is 5.71. The first-order valence-corrected chi connectivity index (χ1v) is 8.41. The van der Waals surface area contributed by atoms with Gasteiger partial charge in [0.1, 0.15) is 5.75 Å². The topological polar surface area (TPSA) is 68.5 Å². The number of hydrogen-bond acceptors (Lipinski definition) is 5. The number of pyridine rings is 1. The van der Waals surface area contributed by atoms with Crippen molar-refractivity contribution in [2.24, 2.45) is 0 Å². The van der Waals surface area contributed by atoms with Crippen LogP contribution in [0.4, 0.5) is 0 Å². The van der Waals surface area contributed by atoms with E-state index in [1.807, 2.05) is 36.9 Å². The van der Waals surface area contributed by atoms with Gasteiger partial charge in [-0.05, 0) is 49.6 Å². The summed E-state index contributed by atoms with van der Waals surface area (Å²) < 4.78 is 10.7. The number of carbonyl (C=O) groups is 1. The molecule has 0 radical (unpaired) electrons. The minimum Gasteiger partial charge on any atom is -0.494 e. The molecule has 2 aromatic heterocycles. The summed E-state index contributed by atoms with van der Waals surface area (Å²) in [5, 5.41) is 4.67. The molecular formula is C19H19N3O3. The largest absolute Gasteiger partial charge is 0.494 e. The van der Waals surface area contributed by atoms with Crippen LogP contribution < -0.4 is 4.74 Å². The molecule has 3 heterocycles. The standard InChI is InChI=1S/C19H19N3O3/c1-3-24-16-5-4-13-6-7-22(11-15(13)8-16)19(23)14-9-17-12(2)21-25-18(17)20-10-14/h4-5,8-10H,3,6-7,11H2,1-2H3. The van der Waals surface area contributed by atoms with Crippen LogP contribution in [-0.2, 0) is 13.0 Å². The van der Waals surface area contributed by atoms with E-state index in [0.717, 1.165) is 28.8 Å². The van der Waals surface area contributed by atoms with Crippen molar-refractivity contribution in [3.8, 4) is 5.75 Å². The summed E-state index contributed by atoms with van der Waals surface area (Å²) in [6.07, 6.45) is 2.40. The Balaban J connectivity index is 1.60. The Morgan fingerprint density at radius 1 is 1.32 bits per heavy atom. The molecule has 0 saturated carbocycles. The fourth-order valence-electron chi connectivity index (χ4n) is 3.21. The van der Waals surface area contributed by atoms with Crippen molar-refractivity contribution < 1.29 is 14.1 Å². The fraction of sp³-hybridized carbons (Fsp3) is 0.316. The summed E-state index contributed by atoms with van der Waals surface area (Å²) in [7, 11) is 0. The Morgan fingerprint density at radius 2 is 2.20 bits per heavy atom. The molecule has 0 N–H and O–H groups in total. The third-order valence-corrected chi connectivity index (χ3v) is 4.55. The fourth-order valence-corrected chi connectivity index (χ4v) is 3.21. The Morgan fingerprint density at radius 3 is 3.04 bits per heavy atom. The van der Waals surface area contributed by atoms with E-state index in [2.05, 4.69) is 16.2 Å². The lowest BCUT2D eigenvalue weighted by atomic mass is 9.99. The lowest BCUT2D eigenvalue weighted by molar-refractivity contribution is 0.0734. The van der Waals surface area contributed by atoms with Gasteiger partial charge in [-0.3, -0.25) is 4.79 Å². The van der Waals surface area contributed by atoms with Crippen LogP contribution in [0.2, 0.25) is 0 Å². The van der Waals surface area contributed by atoms with Gasteiger partial charge in [-0.1, -0.05) is 11.2 Å². The van der Waals surface area contributed by atoms with Crippen LogP contribution in [-0.4, -0.2) is 34.1 Å². The Hall–Kier alpha value is -2.89. The number of amides is 1. The van der Waals surface area contributed by atoms with Crippen molar-refractivity contribution in [3.05, 3.63) is 52.8 Å². The lowest BCUT2D eigenvalue weighted by Gasteiger charge is -2.29. The average molecular weight is 337 g/mol. The average Bonchev–Trinajstić information content (AvgIpc) is 3.01. The highest BCUT2D eigenvalue weighted by Gasteiger charge is 2.23. The predicted octanol–water partition coefficient (Wildman–Crippen LogP) is 3.13. The number of fused-ring (bicyclic) bond motifs is 2. The first kappa shape index (κ1) is 15.6. The molecule has 1 aliphatic rings. The van der Waals surface area contributed by atoms with Crippen molar-refractivity contribution in [1.82, 2.24) is 15.0 Å². The normalized spacial score (nSPS) is 13.8. The molecule has 0 spiro atoms. The van der Waals surface area contributed by atoms with Crippen LogP contribution in [0, 0.1) is 6.92 Å². The Bertz CT molecular complexity index is 948. The van der Waals surface area contributed by atoms with Gasteiger partial charge in [0, 0.05) is 19.3 Å². The lowest BCUT2D eigenvalue weighted by Crippen LogP contribution is -2.36.